The van der Waals surface area contributed by atoms with Gasteiger partial charge in [-0.1, -0.05) is 303 Å². The van der Waals surface area contributed by atoms with Crippen LogP contribution in [-0.2, 0) is 65.4 Å². The van der Waals surface area contributed by atoms with Gasteiger partial charge in [-0.05, 0) is 57.3 Å². The number of aliphatic hydroxyl groups excluding tert-OH is 1. The summed E-state index contributed by atoms with van der Waals surface area (Å²) in [6, 6.07) is 0. The minimum Gasteiger partial charge on any atom is -0.462 e. The molecule has 5 atom stereocenters. The van der Waals surface area contributed by atoms with Crippen molar-refractivity contribution in [2.75, 3.05) is 39.6 Å². The highest BCUT2D eigenvalue weighted by Crippen LogP contribution is 2.45. The molecule has 92 heavy (non-hydrogen) atoms. The van der Waals surface area contributed by atoms with Crippen molar-refractivity contribution in [3.05, 3.63) is 24.3 Å². The van der Waals surface area contributed by atoms with Crippen molar-refractivity contribution in [1.82, 2.24) is 0 Å². The van der Waals surface area contributed by atoms with Gasteiger partial charge in [-0.15, -0.1) is 0 Å². The lowest BCUT2D eigenvalue weighted by Gasteiger charge is -2.21. The zero-order valence-electron chi connectivity index (χ0n) is 59.2. The maximum Gasteiger partial charge on any atom is 0.472 e. The summed E-state index contributed by atoms with van der Waals surface area (Å²) in [6.07, 6.45) is 56.2. The number of rotatable bonds is 71. The molecule has 0 aromatic heterocycles. The number of carbonyl (C=O) groups excluding carboxylic acids is 4. The molecule has 3 N–H and O–H groups in total. The lowest BCUT2D eigenvalue weighted by molar-refractivity contribution is -0.161. The van der Waals surface area contributed by atoms with E-state index in [9.17, 15) is 43.2 Å². The first-order valence-electron chi connectivity index (χ1n) is 37.5. The largest absolute Gasteiger partial charge is 0.472 e. The molecular formula is C73H138O17P2. The summed E-state index contributed by atoms with van der Waals surface area (Å²) in [7, 11) is -9.91. The Bertz CT molecular complexity index is 1860. The highest BCUT2D eigenvalue weighted by atomic mass is 31.2. The Hall–Kier alpha value is -2.46. The zero-order valence-corrected chi connectivity index (χ0v) is 61.0. The van der Waals surface area contributed by atoms with Crippen molar-refractivity contribution < 1.29 is 80.2 Å². The van der Waals surface area contributed by atoms with Crippen LogP contribution in [0.1, 0.15) is 356 Å². The molecule has 19 heteroatoms. The fourth-order valence-electron chi connectivity index (χ4n) is 10.6. The van der Waals surface area contributed by atoms with Gasteiger partial charge >= 0.3 is 39.5 Å². The van der Waals surface area contributed by atoms with Crippen molar-refractivity contribution in [2.45, 2.75) is 374 Å². The molecule has 0 saturated carbocycles. The Morgan fingerprint density at radius 2 is 0.587 bits per heavy atom. The molecule has 0 saturated heterocycles. The van der Waals surface area contributed by atoms with Gasteiger partial charge in [0.2, 0.25) is 0 Å². The van der Waals surface area contributed by atoms with E-state index >= 15 is 0 Å². The van der Waals surface area contributed by atoms with Crippen LogP contribution >= 0.6 is 15.6 Å². The van der Waals surface area contributed by atoms with E-state index in [1.165, 1.54) is 161 Å². The summed E-state index contributed by atoms with van der Waals surface area (Å²) in [6.45, 7) is 7.21. The van der Waals surface area contributed by atoms with Gasteiger partial charge in [-0.25, -0.2) is 9.13 Å². The minimum atomic E-state index is -4.96. The Morgan fingerprint density at radius 1 is 0.337 bits per heavy atom. The number of hydrogen-bond donors (Lipinski definition) is 3. The third kappa shape index (κ3) is 66.2. The van der Waals surface area contributed by atoms with Crippen molar-refractivity contribution >= 4 is 39.5 Å². The molecule has 0 aliphatic heterocycles. The number of carbonyl (C=O) groups is 4. The average Bonchev–Trinajstić information content (AvgIpc) is 3.73. The first-order chi connectivity index (χ1) is 44.5. The van der Waals surface area contributed by atoms with Gasteiger partial charge in [0, 0.05) is 25.7 Å². The molecule has 542 valence electrons. The molecule has 0 aliphatic carbocycles. The number of unbranched alkanes of at least 4 members (excludes halogenated alkanes) is 40. The zero-order chi connectivity index (χ0) is 67.7. The number of phosphoric acid groups is 2. The van der Waals surface area contributed by atoms with E-state index < -0.39 is 97.5 Å². The monoisotopic (exact) mass is 1350 g/mol. The van der Waals surface area contributed by atoms with E-state index in [0.717, 1.165) is 115 Å². The second-order valence-corrected chi connectivity index (χ2v) is 29.0. The molecule has 0 fully saturated rings. The Labute approximate surface area is 561 Å². The molecule has 2 unspecified atom stereocenters. The molecular weight excluding hydrogens is 1210 g/mol. The minimum absolute atomic E-state index is 0.101. The van der Waals surface area contributed by atoms with E-state index in [-0.39, 0.29) is 25.7 Å². The molecule has 17 nitrogen and oxygen atoms in total. The standard InChI is InChI=1S/C73H138O17P2/c1-6-9-12-15-18-21-24-25-26-29-33-37-42-47-52-57-71(76)84-63-69(90-73(78)59-54-49-44-39-34-30-27-28-32-35-40-45-50-55-66(4)5)65-88-92(81,82)86-61-67(74)60-85-91(79,80)87-64-68(62-83-70(75)56-51-46-41-36-23-20-17-14-11-8-3)89-72(77)58-53-48-43-38-31-22-19-16-13-10-7-2/h21,24-26,66-69,74H,6-20,22-23,27-65H2,1-5H3,(H,79,80)(H,81,82)/b24-21-,26-25-/t67-,68+,69+/m0/s1. The van der Waals surface area contributed by atoms with Crippen LogP contribution in [0.4, 0.5) is 0 Å². The summed E-state index contributed by atoms with van der Waals surface area (Å²) in [5.74, 6) is -1.36. The summed E-state index contributed by atoms with van der Waals surface area (Å²) in [4.78, 5) is 72.6. The van der Waals surface area contributed by atoms with Gasteiger partial charge in [0.15, 0.2) is 12.2 Å². The summed E-state index contributed by atoms with van der Waals surface area (Å²) >= 11 is 0. The van der Waals surface area contributed by atoms with Crippen molar-refractivity contribution in [3.8, 4) is 0 Å². The SMILES string of the molecule is CCCCCC/C=C\C=C/CCCCCCCC(=O)OC[C@H](COP(=O)(O)OC[C@@H](O)COP(=O)(O)OC[C@@H](COC(=O)CCCCCCCCCCCC)OC(=O)CCCCCCCCCCCCC)OC(=O)CCCCCCCCCCCCCCCC(C)C. The highest BCUT2D eigenvalue weighted by Gasteiger charge is 2.30. The topological polar surface area (TPSA) is 237 Å². The lowest BCUT2D eigenvalue weighted by atomic mass is 10.0. The van der Waals surface area contributed by atoms with E-state index in [0.29, 0.717) is 25.7 Å². The maximum atomic E-state index is 13.0. The summed E-state index contributed by atoms with van der Waals surface area (Å²) in [5.41, 5.74) is 0. The number of allylic oxidation sites excluding steroid dienone is 4. The second-order valence-electron chi connectivity index (χ2n) is 26.1. The summed E-state index contributed by atoms with van der Waals surface area (Å²) < 4.78 is 68.3. The first kappa shape index (κ1) is 89.5. The van der Waals surface area contributed by atoms with E-state index in [4.69, 9.17) is 37.0 Å². The van der Waals surface area contributed by atoms with Gasteiger partial charge in [-0.2, -0.15) is 0 Å². The predicted molar refractivity (Wildman–Crippen MR) is 372 cm³/mol. The Balaban J connectivity index is 5.27. The quantitative estimate of drug-likeness (QED) is 0.0169. The molecule has 0 bridgehead atoms. The second kappa shape index (κ2) is 65.8. The normalized spacial score (nSPS) is 14.2. The number of esters is 4. The first-order valence-corrected chi connectivity index (χ1v) is 40.4. The highest BCUT2D eigenvalue weighted by molar-refractivity contribution is 7.47. The maximum absolute atomic E-state index is 13.0. The fraction of sp³-hybridized carbons (Fsp3) is 0.890. The van der Waals surface area contributed by atoms with Gasteiger partial charge in [0.25, 0.3) is 0 Å². The molecule has 0 radical (unpaired) electrons. The lowest BCUT2D eigenvalue weighted by Crippen LogP contribution is -2.30. The van der Waals surface area contributed by atoms with Crippen LogP contribution in [0.3, 0.4) is 0 Å². The van der Waals surface area contributed by atoms with Crippen LogP contribution in [-0.4, -0.2) is 96.7 Å². The van der Waals surface area contributed by atoms with Crippen LogP contribution in [0.2, 0.25) is 0 Å². The molecule has 0 heterocycles. The fourth-order valence-corrected chi connectivity index (χ4v) is 12.2. The van der Waals surface area contributed by atoms with Gasteiger partial charge in [-0.3, -0.25) is 37.3 Å². The number of ether oxygens (including phenoxy) is 4. The van der Waals surface area contributed by atoms with Crippen LogP contribution < -0.4 is 0 Å². The molecule has 0 aromatic carbocycles. The van der Waals surface area contributed by atoms with Gasteiger partial charge < -0.3 is 33.8 Å². The molecule has 0 rings (SSSR count). The third-order valence-electron chi connectivity index (χ3n) is 16.4. The van der Waals surface area contributed by atoms with Crippen LogP contribution in [0.25, 0.3) is 0 Å². The Morgan fingerprint density at radius 3 is 0.891 bits per heavy atom. The predicted octanol–water partition coefficient (Wildman–Crippen LogP) is 20.9. The van der Waals surface area contributed by atoms with Crippen LogP contribution in [0.5, 0.6) is 0 Å². The molecule has 0 aromatic rings. The molecule has 0 amide bonds. The van der Waals surface area contributed by atoms with Crippen LogP contribution in [0, 0.1) is 5.92 Å². The number of hydrogen-bond acceptors (Lipinski definition) is 15. The van der Waals surface area contributed by atoms with Crippen molar-refractivity contribution in [1.29, 1.82) is 0 Å². The number of phosphoric ester groups is 2. The van der Waals surface area contributed by atoms with E-state index in [2.05, 4.69) is 58.9 Å². The molecule has 0 spiro atoms. The number of aliphatic hydroxyl groups is 1. The van der Waals surface area contributed by atoms with Crippen LogP contribution in [0.15, 0.2) is 24.3 Å². The Kier molecular flexibility index (Phi) is 64.0. The smallest absolute Gasteiger partial charge is 0.462 e. The van der Waals surface area contributed by atoms with Gasteiger partial charge in [0.05, 0.1) is 26.4 Å². The third-order valence-corrected chi connectivity index (χ3v) is 18.3. The summed E-state index contributed by atoms with van der Waals surface area (Å²) in [5, 5.41) is 10.6. The molecule has 0 aliphatic rings. The van der Waals surface area contributed by atoms with E-state index in [1.807, 2.05) is 0 Å². The van der Waals surface area contributed by atoms with Crippen molar-refractivity contribution in [2.24, 2.45) is 5.92 Å². The van der Waals surface area contributed by atoms with Gasteiger partial charge in [0.1, 0.15) is 19.3 Å². The van der Waals surface area contributed by atoms with Crippen molar-refractivity contribution in [3.63, 3.8) is 0 Å². The van der Waals surface area contributed by atoms with E-state index in [1.54, 1.807) is 0 Å². The average molecular weight is 1350 g/mol.